The number of hydrogen-bond donors (Lipinski definition) is 1. The van der Waals surface area contributed by atoms with Crippen LogP contribution in [0, 0.1) is 0 Å². The normalized spacial score (nSPS) is 14.7. The summed E-state index contributed by atoms with van der Waals surface area (Å²) >= 11 is 0. The molecule has 0 spiro atoms. The first-order valence-electron chi connectivity index (χ1n) is 5.36. The Hall–Kier alpha value is -1.51. The van der Waals surface area contributed by atoms with Gasteiger partial charge < -0.3 is 10.1 Å². The Morgan fingerprint density at radius 1 is 1.47 bits per heavy atom. The van der Waals surface area contributed by atoms with Gasteiger partial charge in [0.25, 0.3) is 0 Å². The molecule has 1 fully saturated rings. The SMILES string of the molecule is CCC(=O)Oc1ccccc1NC1CC1. The van der Waals surface area contributed by atoms with E-state index >= 15 is 0 Å². The molecule has 0 saturated heterocycles. The van der Waals surface area contributed by atoms with Crippen LogP contribution in [0.1, 0.15) is 26.2 Å². The number of ether oxygens (including phenoxy) is 1. The second kappa shape index (κ2) is 4.34. The van der Waals surface area contributed by atoms with Crippen molar-refractivity contribution in [3.05, 3.63) is 24.3 Å². The Morgan fingerprint density at radius 2 is 2.20 bits per heavy atom. The van der Waals surface area contributed by atoms with Crippen LogP contribution in [0.5, 0.6) is 5.75 Å². The van der Waals surface area contributed by atoms with Crippen molar-refractivity contribution < 1.29 is 9.53 Å². The fraction of sp³-hybridized carbons (Fsp3) is 0.417. The van der Waals surface area contributed by atoms with Gasteiger partial charge in [-0.05, 0) is 25.0 Å². The number of hydrogen-bond acceptors (Lipinski definition) is 3. The van der Waals surface area contributed by atoms with Gasteiger partial charge in [-0.1, -0.05) is 19.1 Å². The van der Waals surface area contributed by atoms with E-state index in [1.165, 1.54) is 12.8 Å². The number of rotatable bonds is 4. The van der Waals surface area contributed by atoms with E-state index in [9.17, 15) is 4.79 Å². The Kier molecular flexibility index (Phi) is 2.90. The lowest BCUT2D eigenvalue weighted by atomic mass is 10.3. The highest BCUT2D eigenvalue weighted by Gasteiger charge is 2.22. The zero-order valence-corrected chi connectivity index (χ0v) is 8.82. The summed E-state index contributed by atoms with van der Waals surface area (Å²) < 4.78 is 5.22. The third-order valence-electron chi connectivity index (χ3n) is 2.34. The molecule has 1 aliphatic rings. The van der Waals surface area contributed by atoms with E-state index < -0.39 is 0 Å². The van der Waals surface area contributed by atoms with E-state index in [0.29, 0.717) is 18.2 Å². The standard InChI is InChI=1S/C12H15NO2/c1-2-12(14)15-11-6-4-3-5-10(11)13-9-7-8-9/h3-6,9,13H,2,7-8H2,1H3. The summed E-state index contributed by atoms with van der Waals surface area (Å²) in [5.41, 5.74) is 0.918. The van der Waals surface area contributed by atoms with Crippen LogP contribution in [-0.2, 0) is 4.79 Å². The predicted octanol–water partition coefficient (Wildman–Crippen LogP) is 2.58. The van der Waals surface area contributed by atoms with Crippen LogP contribution in [-0.4, -0.2) is 12.0 Å². The summed E-state index contributed by atoms with van der Waals surface area (Å²) in [5.74, 6) is 0.441. The molecule has 0 radical (unpaired) electrons. The zero-order valence-electron chi connectivity index (χ0n) is 8.82. The molecule has 2 rings (SSSR count). The van der Waals surface area contributed by atoms with E-state index in [1.807, 2.05) is 24.3 Å². The molecule has 3 nitrogen and oxygen atoms in total. The van der Waals surface area contributed by atoms with Crippen molar-refractivity contribution in [3.63, 3.8) is 0 Å². The lowest BCUT2D eigenvalue weighted by Crippen LogP contribution is -2.09. The van der Waals surface area contributed by atoms with Crippen LogP contribution in [0.25, 0.3) is 0 Å². The number of benzene rings is 1. The molecule has 1 saturated carbocycles. The van der Waals surface area contributed by atoms with Crippen LogP contribution in [0.15, 0.2) is 24.3 Å². The highest BCUT2D eigenvalue weighted by molar-refractivity contribution is 5.74. The molecule has 0 aromatic heterocycles. The maximum atomic E-state index is 11.2. The minimum atomic E-state index is -0.194. The summed E-state index contributed by atoms with van der Waals surface area (Å²) in [6.07, 6.45) is 2.81. The quantitative estimate of drug-likeness (QED) is 0.606. The maximum absolute atomic E-state index is 11.2. The number of carbonyl (C=O) groups excluding carboxylic acids is 1. The monoisotopic (exact) mass is 205 g/mol. The van der Waals surface area contributed by atoms with Crippen molar-refractivity contribution in [2.24, 2.45) is 0 Å². The number of carbonyl (C=O) groups is 1. The molecular formula is C12H15NO2. The minimum Gasteiger partial charge on any atom is -0.424 e. The number of para-hydroxylation sites is 2. The van der Waals surface area contributed by atoms with Crippen molar-refractivity contribution in [2.75, 3.05) is 5.32 Å². The van der Waals surface area contributed by atoms with Crippen molar-refractivity contribution in [3.8, 4) is 5.75 Å². The van der Waals surface area contributed by atoms with Gasteiger partial charge in [-0.2, -0.15) is 0 Å². The second-order valence-electron chi connectivity index (χ2n) is 3.74. The van der Waals surface area contributed by atoms with Gasteiger partial charge in [-0.25, -0.2) is 0 Å². The highest BCUT2D eigenvalue weighted by atomic mass is 16.5. The molecule has 1 aromatic carbocycles. The van der Waals surface area contributed by atoms with Crippen molar-refractivity contribution in [1.29, 1.82) is 0 Å². The molecule has 0 heterocycles. The van der Waals surface area contributed by atoms with Gasteiger partial charge >= 0.3 is 5.97 Å². The third-order valence-corrected chi connectivity index (χ3v) is 2.34. The number of anilines is 1. The first kappa shape index (κ1) is 10.0. The Labute approximate surface area is 89.4 Å². The van der Waals surface area contributed by atoms with E-state index in [0.717, 1.165) is 5.69 Å². The van der Waals surface area contributed by atoms with E-state index in [-0.39, 0.29) is 5.97 Å². The van der Waals surface area contributed by atoms with Gasteiger partial charge in [0.05, 0.1) is 5.69 Å². The average molecular weight is 205 g/mol. The van der Waals surface area contributed by atoms with Gasteiger partial charge in [0.15, 0.2) is 5.75 Å². The molecule has 1 N–H and O–H groups in total. The van der Waals surface area contributed by atoms with Gasteiger partial charge in [0.1, 0.15) is 0 Å². The van der Waals surface area contributed by atoms with Crippen LogP contribution < -0.4 is 10.1 Å². The van der Waals surface area contributed by atoms with Gasteiger partial charge in [-0.15, -0.1) is 0 Å². The Bertz CT molecular complexity index is 358. The van der Waals surface area contributed by atoms with Gasteiger partial charge in [0.2, 0.25) is 0 Å². The van der Waals surface area contributed by atoms with E-state index in [1.54, 1.807) is 6.92 Å². The zero-order chi connectivity index (χ0) is 10.7. The number of nitrogens with one attached hydrogen (secondary N) is 1. The van der Waals surface area contributed by atoms with Crippen LogP contribution in [0.4, 0.5) is 5.69 Å². The summed E-state index contributed by atoms with van der Waals surface area (Å²) in [5, 5.41) is 3.34. The lowest BCUT2D eigenvalue weighted by Gasteiger charge is -2.10. The first-order valence-corrected chi connectivity index (χ1v) is 5.36. The van der Waals surface area contributed by atoms with E-state index in [2.05, 4.69) is 5.32 Å². The van der Waals surface area contributed by atoms with Crippen LogP contribution in [0.3, 0.4) is 0 Å². The third kappa shape index (κ3) is 2.72. The molecule has 0 amide bonds. The topological polar surface area (TPSA) is 38.3 Å². The molecule has 80 valence electrons. The molecule has 15 heavy (non-hydrogen) atoms. The van der Waals surface area contributed by atoms with Gasteiger partial charge in [0, 0.05) is 12.5 Å². The predicted molar refractivity (Wildman–Crippen MR) is 59.0 cm³/mol. The number of esters is 1. The summed E-state index contributed by atoms with van der Waals surface area (Å²) in [7, 11) is 0. The summed E-state index contributed by atoms with van der Waals surface area (Å²) in [6, 6.07) is 8.13. The molecule has 1 aliphatic carbocycles. The molecule has 0 unspecified atom stereocenters. The Morgan fingerprint density at radius 3 is 2.87 bits per heavy atom. The molecule has 0 aliphatic heterocycles. The fourth-order valence-electron chi connectivity index (χ4n) is 1.32. The molecule has 0 atom stereocenters. The molecule has 3 heteroatoms. The lowest BCUT2D eigenvalue weighted by molar-refractivity contribution is -0.133. The minimum absolute atomic E-state index is 0.194. The second-order valence-corrected chi connectivity index (χ2v) is 3.74. The van der Waals surface area contributed by atoms with Crippen molar-refractivity contribution >= 4 is 11.7 Å². The molecule has 1 aromatic rings. The summed E-state index contributed by atoms with van der Waals surface area (Å²) in [6.45, 7) is 1.79. The Balaban J connectivity index is 2.09. The summed E-state index contributed by atoms with van der Waals surface area (Å²) in [4.78, 5) is 11.2. The van der Waals surface area contributed by atoms with E-state index in [4.69, 9.17) is 4.74 Å². The molecular weight excluding hydrogens is 190 g/mol. The first-order chi connectivity index (χ1) is 7.29. The highest BCUT2D eigenvalue weighted by Crippen LogP contribution is 2.30. The molecule has 0 bridgehead atoms. The average Bonchev–Trinajstić information content (AvgIpc) is 3.04. The van der Waals surface area contributed by atoms with Gasteiger partial charge in [-0.3, -0.25) is 4.79 Å². The van der Waals surface area contributed by atoms with Crippen LogP contribution in [0.2, 0.25) is 0 Å². The largest absolute Gasteiger partial charge is 0.424 e. The van der Waals surface area contributed by atoms with Crippen LogP contribution >= 0.6 is 0 Å². The van der Waals surface area contributed by atoms with Crippen molar-refractivity contribution in [2.45, 2.75) is 32.2 Å². The fourth-order valence-corrected chi connectivity index (χ4v) is 1.32. The smallest absolute Gasteiger partial charge is 0.310 e. The maximum Gasteiger partial charge on any atom is 0.310 e. The van der Waals surface area contributed by atoms with Crippen molar-refractivity contribution in [1.82, 2.24) is 0 Å².